The maximum absolute atomic E-state index is 13.1. The van der Waals surface area contributed by atoms with Crippen LogP contribution in [0.15, 0.2) is 29.2 Å². The van der Waals surface area contributed by atoms with Crippen LogP contribution in [-0.4, -0.2) is 37.3 Å². The monoisotopic (exact) mass is 412 g/mol. The molecule has 3 rings (SSSR count). The number of nitrogens with one attached hydrogen (secondary N) is 1. The van der Waals surface area contributed by atoms with Crippen LogP contribution in [0, 0.1) is 0 Å². The number of hydrogen-bond donors (Lipinski definition) is 1. The third-order valence-corrected chi connectivity index (χ3v) is 7.85. The molecule has 0 radical (unpaired) electrons. The van der Waals surface area contributed by atoms with E-state index in [9.17, 15) is 13.2 Å². The molecule has 1 aromatic rings. The molecular formula is C20H29ClN2O3S. The number of amides is 1. The van der Waals surface area contributed by atoms with E-state index in [1.807, 2.05) is 0 Å². The Morgan fingerprint density at radius 3 is 2.30 bits per heavy atom. The van der Waals surface area contributed by atoms with Gasteiger partial charge in [-0.05, 0) is 49.9 Å². The maximum atomic E-state index is 13.1. The number of piperidine rings is 1. The van der Waals surface area contributed by atoms with Crippen molar-refractivity contribution in [1.29, 1.82) is 0 Å². The lowest BCUT2D eigenvalue weighted by atomic mass is 10.0. The second-order valence-corrected chi connectivity index (χ2v) is 10.0. The number of sulfonamides is 1. The van der Waals surface area contributed by atoms with Crippen LogP contribution in [0.2, 0.25) is 5.02 Å². The van der Waals surface area contributed by atoms with Crippen LogP contribution in [0.3, 0.4) is 0 Å². The highest BCUT2D eigenvalue weighted by atomic mass is 35.5. The molecule has 1 aliphatic heterocycles. The van der Waals surface area contributed by atoms with Crippen molar-refractivity contribution in [3.8, 4) is 0 Å². The van der Waals surface area contributed by atoms with E-state index in [2.05, 4.69) is 5.32 Å². The van der Waals surface area contributed by atoms with Gasteiger partial charge in [-0.3, -0.25) is 4.79 Å². The molecule has 0 spiro atoms. The third kappa shape index (κ3) is 5.46. The fraction of sp³-hybridized carbons (Fsp3) is 0.650. The first kappa shape index (κ1) is 20.6. The summed E-state index contributed by atoms with van der Waals surface area (Å²) in [5.74, 6) is -0.0230. The summed E-state index contributed by atoms with van der Waals surface area (Å²) in [7, 11) is -3.62. The van der Waals surface area contributed by atoms with Crippen molar-refractivity contribution in [1.82, 2.24) is 9.62 Å². The molecule has 1 aromatic carbocycles. The average molecular weight is 413 g/mol. The largest absolute Gasteiger partial charge is 0.353 e. The Labute approximate surface area is 167 Å². The first-order chi connectivity index (χ1) is 13.0. The van der Waals surface area contributed by atoms with Crippen LogP contribution in [-0.2, 0) is 14.8 Å². The highest BCUT2D eigenvalue weighted by Crippen LogP contribution is 2.28. The minimum atomic E-state index is -3.62. The van der Waals surface area contributed by atoms with Gasteiger partial charge in [-0.2, -0.15) is 4.31 Å². The fourth-order valence-corrected chi connectivity index (χ4v) is 5.98. The summed E-state index contributed by atoms with van der Waals surface area (Å²) in [6.07, 6.45) is 9.60. The van der Waals surface area contributed by atoms with E-state index in [-0.39, 0.29) is 29.3 Å². The smallest absolute Gasteiger partial charge is 0.243 e. The molecule has 2 fully saturated rings. The molecule has 1 amide bonds. The predicted octanol–water partition coefficient (Wildman–Crippen LogP) is 4.11. The third-order valence-electron chi connectivity index (χ3n) is 5.63. The molecule has 5 nitrogen and oxygen atoms in total. The Morgan fingerprint density at radius 1 is 1.00 bits per heavy atom. The Balaban J connectivity index is 1.67. The lowest BCUT2D eigenvalue weighted by Gasteiger charge is -2.34. The van der Waals surface area contributed by atoms with E-state index in [4.69, 9.17) is 11.6 Å². The Hall–Kier alpha value is -1.11. The van der Waals surface area contributed by atoms with Crippen LogP contribution in [0.25, 0.3) is 0 Å². The number of carbonyl (C=O) groups is 1. The minimum absolute atomic E-state index is 0.0230. The van der Waals surface area contributed by atoms with Gasteiger partial charge in [-0.15, -0.1) is 0 Å². The summed E-state index contributed by atoms with van der Waals surface area (Å²) in [4.78, 5) is 12.8. The molecule has 1 atom stereocenters. The van der Waals surface area contributed by atoms with Gasteiger partial charge in [0.2, 0.25) is 15.9 Å². The van der Waals surface area contributed by atoms with Gasteiger partial charge in [0.15, 0.2) is 0 Å². The van der Waals surface area contributed by atoms with Crippen molar-refractivity contribution >= 4 is 27.5 Å². The van der Waals surface area contributed by atoms with Crippen LogP contribution >= 0.6 is 11.6 Å². The normalized spacial score (nSPS) is 22.9. The summed E-state index contributed by atoms with van der Waals surface area (Å²) in [6, 6.07) is 6.22. The molecule has 27 heavy (non-hydrogen) atoms. The molecule has 1 N–H and O–H groups in total. The highest BCUT2D eigenvalue weighted by Gasteiger charge is 2.34. The van der Waals surface area contributed by atoms with E-state index in [1.165, 1.54) is 29.3 Å². The van der Waals surface area contributed by atoms with E-state index in [0.717, 1.165) is 44.9 Å². The first-order valence-corrected chi connectivity index (χ1v) is 11.9. The molecule has 1 heterocycles. The van der Waals surface area contributed by atoms with Crippen LogP contribution < -0.4 is 5.32 Å². The number of rotatable bonds is 5. The molecule has 0 unspecified atom stereocenters. The van der Waals surface area contributed by atoms with E-state index < -0.39 is 10.0 Å². The standard InChI is InChI=1S/C20H29ClN2O3S/c21-16-10-12-19(13-11-16)27(25,26)23-14-6-5-9-18(23)15-20(24)22-17-7-3-1-2-4-8-17/h10-13,17-18H,1-9,14-15H2,(H,22,24)/t18-/m1/s1. The molecule has 1 saturated heterocycles. The van der Waals surface area contributed by atoms with Gasteiger partial charge in [-0.25, -0.2) is 8.42 Å². The zero-order chi connectivity index (χ0) is 19.3. The molecule has 1 saturated carbocycles. The average Bonchev–Trinajstić information content (AvgIpc) is 2.91. The van der Waals surface area contributed by atoms with E-state index in [0.29, 0.717) is 11.6 Å². The molecule has 7 heteroatoms. The van der Waals surface area contributed by atoms with Gasteiger partial charge in [0, 0.05) is 30.1 Å². The van der Waals surface area contributed by atoms with Crippen molar-refractivity contribution in [2.24, 2.45) is 0 Å². The topological polar surface area (TPSA) is 66.5 Å². The Morgan fingerprint density at radius 2 is 1.63 bits per heavy atom. The van der Waals surface area contributed by atoms with Crippen molar-refractivity contribution in [3.63, 3.8) is 0 Å². The number of nitrogens with zero attached hydrogens (tertiary/aromatic N) is 1. The highest BCUT2D eigenvalue weighted by molar-refractivity contribution is 7.89. The van der Waals surface area contributed by atoms with Crippen LogP contribution in [0.1, 0.15) is 64.2 Å². The van der Waals surface area contributed by atoms with Crippen molar-refractivity contribution in [2.75, 3.05) is 6.54 Å². The van der Waals surface area contributed by atoms with Crippen molar-refractivity contribution in [3.05, 3.63) is 29.3 Å². The van der Waals surface area contributed by atoms with Gasteiger partial charge in [0.1, 0.15) is 0 Å². The molecule has 0 bridgehead atoms. The molecule has 150 valence electrons. The summed E-state index contributed by atoms with van der Waals surface area (Å²) in [6.45, 7) is 0.465. The zero-order valence-electron chi connectivity index (χ0n) is 15.7. The SMILES string of the molecule is O=C(C[C@H]1CCCCN1S(=O)(=O)c1ccc(Cl)cc1)NC1CCCCCC1. The Kier molecular flexibility index (Phi) is 7.17. The first-order valence-electron chi connectivity index (χ1n) is 10.0. The summed E-state index contributed by atoms with van der Waals surface area (Å²) >= 11 is 5.89. The molecule has 2 aliphatic rings. The molecular weight excluding hydrogens is 384 g/mol. The van der Waals surface area contributed by atoms with Crippen LogP contribution in [0.4, 0.5) is 0 Å². The second-order valence-electron chi connectivity index (χ2n) is 7.68. The molecule has 1 aliphatic carbocycles. The van der Waals surface area contributed by atoms with Gasteiger partial charge < -0.3 is 5.32 Å². The predicted molar refractivity (Wildman–Crippen MR) is 107 cm³/mol. The minimum Gasteiger partial charge on any atom is -0.353 e. The number of carbonyl (C=O) groups excluding carboxylic acids is 1. The van der Waals surface area contributed by atoms with Gasteiger partial charge in [-0.1, -0.05) is 43.7 Å². The summed E-state index contributed by atoms with van der Waals surface area (Å²) in [5.41, 5.74) is 0. The zero-order valence-corrected chi connectivity index (χ0v) is 17.3. The number of halogens is 1. The molecule has 0 aromatic heterocycles. The fourth-order valence-electron chi connectivity index (χ4n) is 4.16. The maximum Gasteiger partial charge on any atom is 0.243 e. The Bertz CT molecular complexity index is 728. The second kappa shape index (κ2) is 9.39. The number of benzene rings is 1. The lowest BCUT2D eigenvalue weighted by Crippen LogP contribution is -2.47. The van der Waals surface area contributed by atoms with E-state index >= 15 is 0 Å². The quantitative estimate of drug-likeness (QED) is 0.740. The van der Waals surface area contributed by atoms with Gasteiger partial charge in [0.25, 0.3) is 0 Å². The summed E-state index contributed by atoms with van der Waals surface area (Å²) in [5, 5.41) is 3.65. The number of hydrogen-bond acceptors (Lipinski definition) is 3. The van der Waals surface area contributed by atoms with Gasteiger partial charge in [0.05, 0.1) is 4.90 Å². The van der Waals surface area contributed by atoms with Gasteiger partial charge >= 0.3 is 0 Å². The van der Waals surface area contributed by atoms with Crippen LogP contribution in [0.5, 0.6) is 0 Å². The van der Waals surface area contributed by atoms with Crippen molar-refractivity contribution < 1.29 is 13.2 Å². The van der Waals surface area contributed by atoms with E-state index in [1.54, 1.807) is 12.1 Å². The lowest BCUT2D eigenvalue weighted by molar-refractivity contribution is -0.122. The summed E-state index contributed by atoms with van der Waals surface area (Å²) < 4.78 is 27.7. The van der Waals surface area contributed by atoms with Crippen molar-refractivity contribution in [2.45, 2.75) is 81.2 Å².